The second-order valence-corrected chi connectivity index (χ2v) is 12.0. The van der Waals surface area contributed by atoms with Crippen LogP contribution in [0.1, 0.15) is 32.6 Å². The van der Waals surface area contributed by atoms with Crippen LogP contribution in [-0.2, 0) is 19.0 Å². The molecule has 3 rings (SSSR count). The normalized spacial score (nSPS) is 38.2. The third kappa shape index (κ3) is 8.97. The zero-order valence-corrected chi connectivity index (χ0v) is 25.5. The summed E-state index contributed by atoms with van der Waals surface area (Å²) in [5.74, 6) is -1.04. The Kier molecular flexibility index (Phi) is 13.5. The quantitative estimate of drug-likeness (QED) is 0.0483. The van der Waals surface area contributed by atoms with E-state index in [1.54, 1.807) is 7.05 Å². The monoisotopic (exact) mass is 631 g/mol. The van der Waals surface area contributed by atoms with E-state index in [1.807, 2.05) is 6.08 Å². The molecule has 17 nitrogen and oxygen atoms in total. The number of aliphatic imine (C=N–C) groups is 1. The molecule has 2 fully saturated rings. The van der Waals surface area contributed by atoms with Gasteiger partial charge in [-0.2, -0.15) is 0 Å². The van der Waals surface area contributed by atoms with E-state index < -0.39 is 72.4 Å². The Morgan fingerprint density at radius 1 is 1.25 bits per heavy atom. The van der Waals surface area contributed by atoms with E-state index in [-0.39, 0.29) is 44.5 Å². The number of rotatable bonds is 14. The highest BCUT2D eigenvalue weighted by Crippen LogP contribution is 2.37. The Morgan fingerprint density at radius 2 is 1.98 bits per heavy atom. The van der Waals surface area contributed by atoms with Gasteiger partial charge in [0.1, 0.15) is 35.8 Å². The topological polar surface area (TPSA) is 304 Å². The number of likely N-dealkylation sites (N-methyl/N-ethyl adjacent to an activating group) is 1. The lowest BCUT2D eigenvalue weighted by Gasteiger charge is -2.51. The largest absolute Gasteiger partial charge is 0.492 e. The lowest BCUT2D eigenvalue weighted by Crippen LogP contribution is -2.69. The molecule has 17 N–H and O–H groups in total. The van der Waals surface area contributed by atoms with Crippen molar-refractivity contribution in [3.8, 4) is 0 Å². The number of hydrogen-bond acceptors (Lipinski definition) is 14. The average molecular weight is 632 g/mol. The van der Waals surface area contributed by atoms with Crippen LogP contribution in [-0.4, -0.2) is 139 Å². The average Bonchev–Trinajstić information content (AvgIpc) is 2.96. The van der Waals surface area contributed by atoms with Crippen molar-refractivity contribution in [1.29, 1.82) is 0 Å². The van der Waals surface area contributed by atoms with Crippen molar-refractivity contribution in [2.45, 2.75) is 99.2 Å². The van der Waals surface area contributed by atoms with E-state index in [4.69, 9.17) is 42.9 Å². The molecule has 12 atom stereocenters. The van der Waals surface area contributed by atoms with Crippen LogP contribution in [0.5, 0.6) is 0 Å². The lowest BCUT2D eigenvalue weighted by molar-refractivity contribution is -0.297. The summed E-state index contributed by atoms with van der Waals surface area (Å²) in [5, 5.41) is 53.2. The minimum atomic E-state index is -1.46. The minimum absolute atomic E-state index is 0.0216. The van der Waals surface area contributed by atoms with Crippen LogP contribution in [0.3, 0.4) is 0 Å². The van der Waals surface area contributed by atoms with Gasteiger partial charge >= 0.3 is 0 Å². The van der Waals surface area contributed by atoms with E-state index >= 15 is 0 Å². The number of carbonyl (C=O) groups is 1. The minimum Gasteiger partial charge on any atom is -0.492 e. The highest BCUT2D eigenvalue weighted by atomic mass is 16.7. The van der Waals surface area contributed by atoms with Crippen LogP contribution < -0.4 is 44.6 Å². The predicted octanol–water partition coefficient (Wildman–Crippen LogP) is -5.42. The molecule has 12 unspecified atom stereocenters. The maximum atomic E-state index is 13.0. The van der Waals surface area contributed by atoms with Crippen LogP contribution in [0.2, 0.25) is 0 Å². The van der Waals surface area contributed by atoms with Crippen molar-refractivity contribution in [2.24, 2.45) is 39.6 Å². The fourth-order valence-electron chi connectivity index (χ4n) is 6.26. The van der Waals surface area contributed by atoms with Gasteiger partial charge in [-0.15, -0.1) is 0 Å². The molecule has 254 valence electrons. The fourth-order valence-corrected chi connectivity index (χ4v) is 6.26. The second-order valence-electron chi connectivity index (χ2n) is 12.0. The standard InChI is InChI=1S/C27H53N9O8/c1-27(41)12-42-25(20(39)23(27)33-2)44-22-16(36-24(40)17(37)6-9-35-26(31)32)10-14(30)18(19(22)38)21-15(34-8-3-7-28)5-4-13(11-29)43-21/h4,14-23,25,33-34,37-39,41H,3,5-12,28-30H2,1-2H3,(H,36,40)(H4,31,32,35). The molecule has 1 saturated carbocycles. The Labute approximate surface area is 257 Å². The Hall–Kier alpha value is -2.16. The third-order valence-corrected chi connectivity index (χ3v) is 8.56. The molecule has 44 heavy (non-hydrogen) atoms. The number of nitrogens with one attached hydrogen (secondary N) is 3. The summed E-state index contributed by atoms with van der Waals surface area (Å²) in [7, 11) is 1.59. The maximum Gasteiger partial charge on any atom is 0.249 e. The van der Waals surface area contributed by atoms with Crippen LogP contribution in [0.25, 0.3) is 0 Å². The first-order valence-electron chi connectivity index (χ1n) is 15.2. The lowest BCUT2D eigenvalue weighted by atomic mass is 9.72. The molecular formula is C27H53N9O8. The molecule has 0 aromatic carbocycles. The van der Waals surface area contributed by atoms with Gasteiger partial charge in [-0.05, 0) is 52.4 Å². The molecule has 1 saturated heterocycles. The zero-order valence-electron chi connectivity index (χ0n) is 25.5. The summed E-state index contributed by atoms with van der Waals surface area (Å²) < 4.78 is 18.2. The van der Waals surface area contributed by atoms with Crippen LogP contribution in [0.4, 0.5) is 0 Å². The highest BCUT2D eigenvalue weighted by Gasteiger charge is 2.53. The van der Waals surface area contributed by atoms with Gasteiger partial charge in [-0.1, -0.05) is 0 Å². The molecule has 2 aliphatic heterocycles. The zero-order chi connectivity index (χ0) is 32.6. The second kappa shape index (κ2) is 16.4. The number of amides is 1. The molecule has 2 heterocycles. The van der Waals surface area contributed by atoms with E-state index in [9.17, 15) is 25.2 Å². The molecule has 0 radical (unpaired) electrons. The number of aliphatic hydroxyl groups excluding tert-OH is 3. The van der Waals surface area contributed by atoms with Crippen LogP contribution in [0.15, 0.2) is 16.8 Å². The molecule has 0 aromatic rings. The number of nitrogens with zero attached hydrogens (tertiary/aromatic N) is 1. The van der Waals surface area contributed by atoms with Crippen molar-refractivity contribution >= 4 is 11.9 Å². The fraction of sp³-hybridized carbons (Fsp3) is 0.852. The van der Waals surface area contributed by atoms with Gasteiger partial charge in [-0.25, -0.2) is 0 Å². The summed E-state index contributed by atoms with van der Waals surface area (Å²) in [6.45, 7) is 2.65. The Bertz CT molecular complexity index is 985. The number of nitrogens with two attached hydrogens (primary N) is 5. The Balaban J connectivity index is 1.88. The molecule has 1 aliphatic carbocycles. The molecule has 3 aliphatic rings. The van der Waals surface area contributed by atoms with Crippen molar-refractivity contribution < 1.29 is 39.4 Å². The van der Waals surface area contributed by atoms with Gasteiger partial charge in [0.05, 0.1) is 31.3 Å². The van der Waals surface area contributed by atoms with Crippen molar-refractivity contribution in [3.63, 3.8) is 0 Å². The number of carbonyl (C=O) groups excluding carboxylic acids is 1. The maximum absolute atomic E-state index is 13.0. The number of guanidine groups is 1. The van der Waals surface area contributed by atoms with E-state index in [0.717, 1.165) is 6.42 Å². The van der Waals surface area contributed by atoms with E-state index in [0.29, 0.717) is 25.3 Å². The summed E-state index contributed by atoms with van der Waals surface area (Å²) >= 11 is 0. The number of aliphatic hydroxyl groups is 4. The number of hydrogen-bond donors (Lipinski definition) is 12. The van der Waals surface area contributed by atoms with E-state index in [2.05, 4.69) is 20.9 Å². The summed E-state index contributed by atoms with van der Waals surface area (Å²) in [6.07, 6.45) is -3.89. The smallest absolute Gasteiger partial charge is 0.249 e. The molecule has 1 amide bonds. The van der Waals surface area contributed by atoms with Crippen LogP contribution in [0, 0.1) is 5.92 Å². The summed E-state index contributed by atoms with van der Waals surface area (Å²) in [4.78, 5) is 16.8. The molecule has 0 bridgehead atoms. The van der Waals surface area contributed by atoms with Crippen LogP contribution >= 0.6 is 0 Å². The number of ether oxygens (including phenoxy) is 3. The molecule has 0 spiro atoms. The van der Waals surface area contributed by atoms with Gasteiger partial charge in [0.15, 0.2) is 12.2 Å². The first-order chi connectivity index (χ1) is 20.8. The summed E-state index contributed by atoms with van der Waals surface area (Å²) in [5.41, 5.74) is 27.5. The van der Waals surface area contributed by atoms with E-state index in [1.165, 1.54) is 6.92 Å². The molecule has 0 aromatic heterocycles. The van der Waals surface area contributed by atoms with Crippen molar-refractivity contribution in [2.75, 3.05) is 39.8 Å². The van der Waals surface area contributed by atoms with Gasteiger partial charge in [0.2, 0.25) is 5.91 Å². The first-order valence-corrected chi connectivity index (χ1v) is 15.2. The highest BCUT2D eigenvalue weighted by molar-refractivity contribution is 5.81. The Morgan fingerprint density at radius 3 is 2.61 bits per heavy atom. The first kappa shape index (κ1) is 36.3. The van der Waals surface area contributed by atoms with Crippen molar-refractivity contribution in [3.05, 3.63) is 11.8 Å². The van der Waals surface area contributed by atoms with Gasteiger partial charge < -0.3 is 79.3 Å². The van der Waals surface area contributed by atoms with Gasteiger partial charge in [-0.3, -0.25) is 9.79 Å². The summed E-state index contributed by atoms with van der Waals surface area (Å²) in [6, 6.07) is -2.63. The van der Waals surface area contributed by atoms with Gasteiger partial charge in [0.25, 0.3) is 0 Å². The molecule has 17 heteroatoms. The van der Waals surface area contributed by atoms with Gasteiger partial charge in [0, 0.05) is 31.0 Å². The predicted molar refractivity (Wildman–Crippen MR) is 162 cm³/mol. The SMILES string of the molecule is CNC1C(O)C(OC2C(NC(=O)C(O)CCN=C(N)N)CC(N)C(C3OC(CN)=CCC3NCCCN)C2O)OCC1(C)O. The van der Waals surface area contributed by atoms with Crippen molar-refractivity contribution in [1.82, 2.24) is 16.0 Å². The third-order valence-electron chi connectivity index (χ3n) is 8.56. The molecular weight excluding hydrogens is 578 g/mol.